The normalized spacial score (nSPS) is 13.0. The van der Waals surface area contributed by atoms with Crippen LogP contribution >= 0.6 is 0 Å². The van der Waals surface area contributed by atoms with Crippen LogP contribution in [0.25, 0.3) is 0 Å². The third-order valence-electron chi connectivity index (χ3n) is 9.57. The van der Waals surface area contributed by atoms with Crippen LogP contribution in [0.2, 0.25) is 0 Å². The lowest BCUT2D eigenvalue weighted by Crippen LogP contribution is -2.58. The van der Waals surface area contributed by atoms with Gasteiger partial charge in [0.25, 0.3) is 0 Å². The highest BCUT2D eigenvalue weighted by Gasteiger charge is 2.40. The number of carbonyl (C=O) groups is 2. The first-order chi connectivity index (χ1) is 22.5. The number of unbranched alkanes of at least 4 members (excludes halogenated alkanes) is 28. The second-order valence-corrected chi connectivity index (χ2v) is 14.0. The highest BCUT2D eigenvalue weighted by atomic mass is 16.4. The van der Waals surface area contributed by atoms with Crippen molar-refractivity contribution in [1.29, 1.82) is 0 Å². The fourth-order valence-electron chi connectivity index (χ4n) is 6.28. The first-order valence-electron chi connectivity index (χ1n) is 20.1. The molecule has 0 radical (unpaired) electrons. The van der Waals surface area contributed by atoms with E-state index in [2.05, 4.69) is 24.4 Å². The molecule has 0 spiro atoms. The fourth-order valence-corrected chi connectivity index (χ4v) is 6.28. The van der Waals surface area contributed by atoms with Gasteiger partial charge in [0.15, 0.2) is 11.3 Å². The molecule has 0 aliphatic heterocycles. The summed E-state index contributed by atoms with van der Waals surface area (Å²) in [7, 11) is 0. The van der Waals surface area contributed by atoms with E-state index in [-0.39, 0.29) is 19.5 Å². The Bertz CT molecular complexity index is 699. The molecule has 0 aromatic heterocycles. The standard InChI is InChI=1S/C40H79N3O3/c1-2-3-4-5-6-7-8-9-10-11-12-13-14-15-16-17-18-19-20-21-22-23-24-25-26-27-28-29-30-31-32-33-36-43-37-38(44)40(42,34-35-41)39(45)46/h25-26,43H,2-24,27-37,41-42H2,1H3,(H,45,46). The van der Waals surface area contributed by atoms with Gasteiger partial charge in [0.2, 0.25) is 0 Å². The second-order valence-electron chi connectivity index (χ2n) is 14.0. The van der Waals surface area contributed by atoms with Gasteiger partial charge in [-0.3, -0.25) is 4.79 Å². The van der Waals surface area contributed by atoms with Crippen LogP contribution in [0.3, 0.4) is 0 Å². The number of hydrogen-bond donors (Lipinski definition) is 4. The second kappa shape index (κ2) is 35.1. The Morgan fingerprint density at radius 2 is 0.891 bits per heavy atom. The Morgan fingerprint density at radius 1 is 0.565 bits per heavy atom. The molecule has 0 aliphatic rings. The molecule has 0 fully saturated rings. The number of allylic oxidation sites excluding steroid dienone is 2. The zero-order valence-corrected chi connectivity index (χ0v) is 30.6. The van der Waals surface area contributed by atoms with Gasteiger partial charge in [0.1, 0.15) is 0 Å². The Morgan fingerprint density at radius 3 is 1.22 bits per heavy atom. The molecular formula is C40H79N3O3. The Balaban J connectivity index is 3.26. The van der Waals surface area contributed by atoms with Crippen molar-refractivity contribution >= 4 is 11.8 Å². The number of Topliss-reactive ketones (excluding diaryl/α,β-unsaturated/α-hetero) is 1. The van der Waals surface area contributed by atoms with E-state index in [4.69, 9.17) is 11.5 Å². The maximum atomic E-state index is 12.1. The number of ketones is 1. The highest BCUT2D eigenvalue weighted by Crippen LogP contribution is 2.16. The van der Waals surface area contributed by atoms with E-state index in [9.17, 15) is 14.7 Å². The minimum atomic E-state index is -1.87. The molecule has 0 saturated carbocycles. The van der Waals surface area contributed by atoms with Gasteiger partial charge in [-0.15, -0.1) is 0 Å². The van der Waals surface area contributed by atoms with Gasteiger partial charge in [-0.2, -0.15) is 0 Å². The van der Waals surface area contributed by atoms with Crippen molar-refractivity contribution in [2.75, 3.05) is 19.6 Å². The van der Waals surface area contributed by atoms with Gasteiger partial charge >= 0.3 is 5.97 Å². The molecule has 6 N–H and O–H groups in total. The molecule has 1 atom stereocenters. The first-order valence-corrected chi connectivity index (χ1v) is 20.1. The largest absolute Gasteiger partial charge is 0.480 e. The lowest BCUT2D eigenvalue weighted by Gasteiger charge is -2.22. The van der Waals surface area contributed by atoms with Gasteiger partial charge in [0, 0.05) is 0 Å². The van der Waals surface area contributed by atoms with Crippen molar-refractivity contribution in [3.8, 4) is 0 Å². The molecule has 0 bridgehead atoms. The van der Waals surface area contributed by atoms with Gasteiger partial charge in [-0.05, 0) is 51.6 Å². The summed E-state index contributed by atoms with van der Waals surface area (Å²) >= 11 is 0. The average Bonchev–Trinajstić information content (AvgIpc) is 3.04. The Kier molecular flexibility index (Phi) is 34.1. The number of carbonyl (C=O) groups excluding carboxylic acids is 1. The predicted molar refractivity (Wildman–Crippen MR) is 199 cm³/mol. The monoisotopic (exact) mass is 650 g/mol. The molecule has 0 amide bonds. The van der Waals surface area contributed by atoms with Gasteiger partial charge in [-0.25, -0.2) is 4.79 Å². The van der Waals surface area contributed by atoms with Crippen LogP contribution in [-0.4, -0.2) is 42.0 Å². The third-order valence-corrected chi connectivity index (χ3v) is 9.57. The van der Waals surface area contributed by atoms with Crippen LogP contribution in [0.15, 0.2) is 12.2 Å². The SMILES string of the molecule is CCCCCCCCCCCCCCCCCCCCCCCCC=CCCCCCCCCNCC(=O)C(N)(CCN)C(=O)O. The van der Waals surface area contributed by atoms with Crippen LogP contribution in [0, 0.1) is 0 Å². The van der Waals surface area contributed by atoms with E-state index in [1.54, 1.807) is 0 Å². The number of nitrogens with two attached hydrogens (primary N) is 2. The lowest BCUT2D eigenvalue weighted by atomic mass is 9.91. The zero-order chi connectivity index (χ0) is 33.8. The molecule has 272 valence electrons. The van der Waals surface area contributed by atoms with Gasteiger partial charge in [0.05, 0.1) is 6.54 Å². The summed E-state index contributed by atoms with van der Waals surface area (Å²) in [5.74, 6) is -1.81. The van der Waals surface area contributed by atoms with Crippen LogP contribution in [-0.2, 0) is 9.59 Å². The number of carboxylic acid groups (broad SMARTS) is 1. The lowest BCUT2D eigenvalue weighted by molar-refractivity contribution is -0.148. The molecule has 1 unspecified atom stereocenters. The number of nitrogens with one attached hydrogen (secondary N) is 1. The van der Waals surface area contributed by atoms with Gasteiger partial charge < -0.3 is 21.9 Å². The molecule has 0 heterocycles. The first kappa shape index (κ1) is 44.8. The summed E-state index contributed by atoms with van der Waals surface area (Å²) in [4.78, 5) is 23.4. The quantitative estimate of drug-likeness (QED) is 0.0300. The van der Waals surface area contributed by atoms with Crippen LogP contribution in [0.4, 0.5) is 0 Å². The number of carboxylic acids is 1. The summed E-state index contributed by atoms with van der Waals surface area (Å²) in [6.45, 7) is 3.05. The molecular weight excluding hydrogens is 570 g/mol. The van der Waals surface area contributed by atoms with Gasteiger partial charge in [-0.1, -0.05) is 180 Å². The summed E-state index contributed by atoms with van der Waals surface area (Å²) < 4.78 is 0. The molecule has 0 saturated heterocycles. The highest BCUT2D eigenvalue weighted by molar-refractivity contribution is 6.08. The minimum Gasteiger partial charge on any atom is -0.480 e. The minimum absolute atomic E-state index is 0.0191. The Hall–Kier alpha value is -1.24. The molecule has 0 aromatic carbocycles. The van der Waals surface area contributed by atoms with Crippen LogP contribution < -0.4 is 16.8 Å². The third kappa shape index (κ3) is 28.9. The maximum absolute atomic E-state index is 12.1. The van der Waals surface area contributed by atoms with Crippen molar-refractivity contribution in [2.45, 2.75) is 212 Å². The van der Waals surface area contributed by atoms with Crippen molar-refractivity contribution in [3.05, 3.63) is 12.2 Å². The van der Waals surface area contributed by atoms with E-state index < -0.39 is 17.3 Å². The Labute approximate surface area is 286 Å². The van der Waals surface area contributed by atoms with Crippen LogP contribution in [0.5, 0.6) is 0 Å². The van der Waals surface area contributed by atoms with E-state index in [1.807, 2.05) is 0 Å². The summed E-state index contributed by atoms with van der Waals surface area (Å²) in [6.07, 6.45) is 45.9. The van der Waals surface area contributed by atoms with E-state index >= 15 is 0 Å². The number of rotatable bonds is 38. The number of hydrogen-bond acceptors (Lipinski definition) is 5. The number of aliphatic carboxylic acids is 1. The maximum Gasteiger partial charge on any atom is 0.331 e. The van der Waals surface area contributed by atoms with E-state index in [0.717, 1.165) is 12.8 Å². The molecule has 0 aromatic rings. The average molecular weight is 650 g/mol. The summed E-state index contributed by atoms with van der Waals surface area (Å²) in [5, 5.41) is 12.3. The van der Waals surface area contributed by atoms with Crippen molar-refractivity contribution in [2.24, 2.45) is 11.5 Å². The fraction of sp³-hybridized carbons (Fsp3) is 0.900. The molecule has 0 rings (SSSR count). The predicted octanol–water partition coefficient (Wildman–Crippen LogP) is 10.6. The van der Waals surface area contributed by atoms with E-state index in [1.165, 1.54) is 180 Å². The topological polar surface area (TPSA) is 118 Å². The molecule has 6 heteroatoms. The molecule has 0 aliphatic carbocycles. The molecule has 46 heavy (non-hydrogen) atoms. The van der Waals surface area contributed by atoms with Crippen LogP contribution in [0.1, 0.15) is 206 Å². The van der Waals surface area contributed by atoms with Crippen molar-refractivity contribution in [3.63, 3.8) is 0 Å². The molecule has 6 nitrogen and oxygen atoms in total. The van der Waals surface area contributed by atoms with Crippen molar-refractivity contribution in [1.82, 2.24) is 5.32 Å². The summed E-state index contributed by atoms with van der Waals surface area (Å²) in [5.41, 5.74) is 9.27. The smallest absolute Gasteiger partial charge is 0.331 e. The zero-order valence-electron chi connectivity index (χ0n) is 30.6. The summed E-state index contributed by atoms with van der Waals surface area (Å²) in [6, 6.07) is 0. The van der Waals surface area contributed by atoms with E-state index in [0.29, 0.717) is 6.54 Å². The van der Waals surface area contributed by atoms with Crippen molar-refractivity contribution < 1.29 is 14.7 Å².